The Balaban J connectivity index is 2.03. The molecule has 1 aliphatic rings. The van der Waals surface area contributed by atoms with Crippen molar-refractivity contribution in [3.05, 3.63) is 34.9 Å². The molecule has 0 aromatic heterocycles. The summed E-state index contributed by atoms with van der Waals surface area (Å²) in [6.45, 7) is 2.23. The molecule has 0 heterocycles. The molecule has 0 saturated heterocycles. The van der Waals surface area contributed by atoms with Gasteiger partial charge in [0.15, 0.2) is 0 Å². The third-order valence-electron chi connectivity index (χ3n) is 3.42. The summed E-state index contributed by atoms with van der Waals surface area (Å²) in [4.78, 5) is 0. The first-order valence-electron chi connectivity index (χ1n) is 5.69. The highest BCUT2D eigenvalue weighted by atomic mass is 35.5. The van der Waals surface area contributed by atoms with Crippen molar-refractivity contribution >= 4 is 11.6 Å². The predicted octanol–water partition coefficient (Wildman–Crippen LogP) is 3.70. The minimum atomic E-state index is -0.0789. The lowest BCUT2D eigenvalue weighted by molar-refractivity contribution is 0.138. The Morgan fingerprint density at radius 2 is 1.93 bits per heavy atom. The molecule has 0 atom stereocenters. The van der Waals surface area contributed by atoms with E-state index >= 15 is 0 Å². The van der Waals surface area contributed by atoms with Gasteiger partial charge in [-0.1, -0.05) is 43.5 Å². The molecular weight excluding hydrogens is 206 g/mol. The number of nitrogens with two attached hydrogens (primary N) is 1. The molecule has 82 valence electrons. The van der Waals surface area contributed by atoms with Crippen molar-refractivity contribution < 1.29 is 0 Å². The van der Waals surface area contributed by atoms with E-state index in [0.717, 1.165) is 23.8 Å². The highest BCUT2D eigenvalue weighted by Gasteiger charge is 2.41. The van der Waals surface area contributed by atoms with Gasteiger partial charge >= 0.3 is 0 Å². The Kier molecular flexibility index (Phi) is 3.03. The third kappa shape index (κ3) is 2.19. The van der Waals surface area contributed by atoms with Gasteiger partial charge in [-0.15, -0.1) is 0 Å². The van der Waals surface area contributed by atoms with E-state index < -0.39 is 0 Å². The van der Waals surface area contributed by atoms with Gasteiger partial charge in [0.2, 0.25) is 0 Å². The van der Waals surface area contributed by atoms with Crippen LogP contribution in [0.3, 0.4) is 0 Å². The average molecular weight is 224 g/mol. The molecule has 0 radical (unpaired) electrons. The lowest BCUT2D eigenvalue weighted by Gasteiger charge is -2.45. The molecule has 2 rings (SSSR count). The first-order chi connectivity index (χ1) is 7.14. The van der Waals surface area contributed by atoms with Crippen LogP contribution in [0.4, 0.5) is 0 Å². The molecule has 1 saturated carbocycles. The van der Waals surface area contributed by atoms with Crippen molar-refractivity contribution in [2.45, 2.75) is 38.1 Å². The molecule has 0 spiro atoms. The maximum Gasteiger partial charge on any atom is 0.0415 e. The van der Waals surface area contributed by atoms with E-state index in [1.807, 2.05) is 12.1 Å². The first-order valence-corrected chi connectivity index (χ1v) is 6.07. The van der Waals surface area contributed by atoms with Crippen LogP contribution in [0, 0.1) is 5.92 Å². The molecule has 0 amide bonds. The Labute approximate surface area is 96.6 Å². The SMILES string of the molecule is CCCC1CC(N)(c2ccc(Cl)cc2)C1. The van der Waals surface area contributed by atoms with Gasteiger partial charge < -0.3 is 5.73 Å². The van der Waals surface area contributed by atoms with Gasteiger partial charge in [-0.05, 0) is 36.5 Å². The minimum Gasteiger partial charge on any atom is -0.321 e. The summed E-state index contributed by atoms with van der Waals surface area (Å²) in [7, 11) is 0. The van der Waals surface area contributed by atoms with Crippen LogP contribution in [0.5, 0.6) is 0 Å². The van der Waals surface area contributed by atoms with Gasteiger partial charge in [0.25, 0.3) is 0 Å². The Bertz CT molecular complexity index is 325. The third-order valence-corrected chi connectivity index (χ3v) is 3.67. The standard InChI is InChI=1S/C13H18ClN/c1-2-3-10-8-13(15,9-10)11-4-6-12(14)7-5-11/h4-7,10H,2-3,8-9,15H2,1H3. The van der Waals surface area contributed by atoms with Gasteiger partial charge in [-0.3, -0.25) is 0 Å². The van der Waals surface area contributed by atoms with Gasteiger partial charge in [0.1, 0.15) is 0 Å². The van der Waals surface area contributed by atoms with Gasteiger partial charge in [-0.25, -0.2) is 0 Å². The summed E-state index contributed by atoms with van der Waals surface area (Å²) < 4.78 is 0. The van der Waals surface area contributed by atoms with Crippen LogP contribution >= 0.6 is 11.6 Å². The highest BCUT2D eigenvalue weighted by molar-refractivity contribution is 6.30. The molecule has 1 nitrogen and oxygen atoms in total. The van der Waals surface area contributed by atoms with E-state index in [2.05, 4.69) is 19.1 Å². The van der Waals surface area contributed by atoms with Crippen molar-refractivity contribution in [1.82, 2.24) is 0 Å². The summed E-state index contributed by atoms with van der Waals surface area (Å²) >= 11 is 5.86. The largest absolute Gasteiger partial charge is 0.321 e. The summed E-state index contributed by atoms with van der Waals surface area (Å²) in [5.41, 5.74) is 7.51. The van der Waals surface area contributed by atoms with Crippen molar-refractivity contribution in [3.63, 3.8) is 0 Å². The Morgan fingerprint density at radius 3 is 2.47 bits per heavy atom. The average Bonchev–Trinajstić information content (AvgIpc) is 2.16. The molecular formula is C13H18ClN. The maximum atomic E-state index is 6.35. The molecule has 0 bridgehead atoms. The maximum absolute atomic E-state index is 6.35. The Hall–Kier alpha value is -0.530. The van der Waals surface area contributed by atoms with Crippen LogP contribution < -0.4 is 5.73 Å². The van der Waals surface area contributed by atoms with E-state index in [4.69, 9.17) is 17.3 Å². The number of hydrogen-bond donors (Lipinski definition) is 1. The summed E-state index contributed by atoms with van der Waals surface area (Å²) in [5.74, 6) is 0.829. The Morgan fingerprint density at radius 1 is 1.33 bits per heavy atom. The fourth-order valence-corrected chi connectivity index (χ4v) is 2.73. The van der Waals surface area contributed by atoms with Crippen LogP contribution in [-0.4, -0.2) is 0 Å². The predicted molar refractivity (Wildman–Crippen MR) is 64.9 cm³/mol. The van der Waals surface area contributed by atoms with Gasteiger partial charge in [0, 0.05) is 10.6 Å². The van der Waals surface area contributed by atoms with Gasteiger partial charge in [-0.2, -0.15) is 0 Å². The van der Waals surface area contributed by atoms with E-state index in [1.165, 1.54) is 18.4 Å². The van der Waals surface area contributed by atoms with E-state index in [9.17, 15) is 0 Å². The molecule has 1 aromatic rings. The van der Waals surface area contributed by atoms with Crippen LogP contribution in [0.25, 0.3) is 0 Å². The van der Waals surface area contributed by atoms with Crippen molar-refractivity contribution in [2.24, 2.45) is 11.7 Å². The van der Waals surface area contributed by atoms with E-state index in [-0.39, 0.29) is 5.54 Å². The van der Waals surface area contributed by atoms with E-state index in [1.54, 1.807) is 0 Å². The van der Waals surface area contributed by atoms with Crippen LogP contribution in [0.2, 0.25) is 5.02 Å². The zero-order valence-electron chi connectivity index (χ0n) is 9.17. The quantitative estimate of drug-likeness (QED) is 0.831. The van der Waals surface area contributed by atoms with Crippen molar-refractivity contribution in [1.29, 1.82) is 0 Å². The van der Waals surface area contributed by atoms with E-state index in [0.29, 0.717) is 0 Å². The monoisotopic (exact) mass is 223 g/mol. The highest BCUT2D eigenvalue weighted by Crippen LogP contribution is 2.45. The second-order valence-electron chi connectivity index (χ2n) is 4.73. The molecule has 0 unspecified atom stereocenters. The lowest BCUT2D eigenvalue weighted by atomic mass is 9.64. The van der Waals surface area contributed by atoms with Crippen LogP contribution in [0.1, 0.15) is 38.2 Å². The number of hydrogen-bond acceptors (Lipinski definition) is 1. The fourth-order valence-electron chi connectivity index (χ4n) is 2.60. The number of halogens is 1. The van der Waals surface area contributed by atoms with Crippen molar-refractivity contribution in [2.75, 3.05) is 0 Å². The smallest absolute Gasteiger partial charge is 0.0415 e. The zero-order chi connectivity index (χ0) is 10.9. The molecule has 1 aliphatic carbocycles. The molecule has 1 fully saturated rings. The van der Waals surface area contributed by atoms with Gasteiger partial charge in [0.05, 0.1) is 0 Å². The normalized spacial score (nSPS) is 29.9. The fraction of sp³-hybridized carbons (Fsp3) is 0.538. The molecule has 2 N–H and O–H groups in total. The topological polar surface area (TPSA) is 26.0 Å². The van der Waals surface area contributed by atoms with Crippen LogP contribution in [0.15, 0.2) is 24.3 Å². The van der Waals surface area contributed by atoms with Crippen molar-refractivity contribution in [3.8, 4) is 0 Å². The number of rotatable bonds is 3. The second kappa shape index (κ2) is 4.15. The molecule has 2 heteroatoms. The summed E-state index contributed by atoms with van der Waals surface area (Å²) in [6.07, 6.45) is 4.83. The number of benzene rings is 1. The second-order valence-corrected chi connectivity index (χ2v) is 5.16. The molecule has 15 heavy (non-hydrogen) atoms. The summed E-state index contributed by atoms with van der Waals surface area (Å²) in [5, 5.41) is 0.784. The lowest BCUT2D eigenvalue weighted by Crippen LogP contribution is -2.48. The first kappa shape index (κ1) is 11.0. The molecule has 1 aromatic carbocycles. The molecule has 0 aliphatic heterocycles. The minimum absolute atomic E-state index is 0.0789. The zero-order valence-corrected chi connectivity index (χ0v) is 9.93. The van der Waals surface area contributed by atoms with Crippen LogP contribution in [-0.2, 0) is 5.54 Å². The summed E-state index contributed by atoms with van der Waals surface area (Å²) in [6, 6.07) is 7.98.